The van der Waals surface area contributed by atoms with Gasteiger partial charge in [0.25, 0.3) is 5.91 Å². The Balaban J connectivity index is 1.56. The zero-order valence-electron chi connectivity index (χ0n) is 24.0. The number of ketones is 2. The van der Waals surface area contributed by atoms with E-state index < -0.39 is 57.9 Å². The third-order valence-electron chi connectivity index (χ3n) is 10.8. The second kappa shape index (κ2) is 9.32. The van der Waals surface area contributed by atoms with E-state index in [4.69, 9.17) is 5.73 Å². The van der Waals surface area contributed by atoms with Crippen molar-refractivity contribution >= 4 is 28.9 Å². The molecule has 0 radical (unpaired) electrons. The fourth-order valence-electron chi connectivity index (χ4n) is 8.97. The third-order valence-corrected chi connectivity index (χ3v) is 10.8. The quantitative estimate of drug-likeness (QED) is 0.345. The molecule has 1 aromatic rings. The Morgan fingerprint density at radius 1 is 1.17 bits per heavy atom. The van der Waals surface area contributed by atoms with Gasteiger partial charge < -0.3 is 31.1 Å². The van der Waals surface area contributed by atoms with E-state index in [1.165, 1.54) is 0 Å². The first kappa shape index (κ1) is 27.8. The van der Waals surface area contributed by atoms with Gasteiger partial charge in [-0.1, -0.05) is 26.7 Å². The number of carbonyl (C=O) groups is 3. The molecule has 2 aliphatic heterocycles. The van der Waals surface area contributed by atoms with Crippen LogP contribution in [0.5, 0.6) is 5.75 Å². The highest BCUT2D eigenvalue weighted by Gasteiger charge is 2.64. The summed E-state index contributed by atoms with van der Waals surface area (Å²) in [7, 11) is 4.08. The second-order valence-electron chi connectivity index (χ2n) is 12.7. The summed E-state index contributed by atoms with van der Waals surface area (Å²) in [4.78, 5) is 44.6. The van der Waals surface area contributed by atoms with Gasteiger partial charge in [0.05, 0.1) is 5.56 Å². The van der Waals surface area contributed by atoms with Gasteiger partial charge in [0.1, 0.15) is 22.8 Å². The molecule has 2 fully saturated rings. The number of phenols is 1. The Bertz CT molecular complexity index is 1440. The molecule has 6 N–H and O–H groups in total. The molecule has 5 aliphatic rings. The van der Waals surface area contributed by atoms with Crippen molar-refractivity contribution in [1.29, 1.82) is 0 Å². The summed E-state index contributed by atoms with van der Waals surface area (Å²) in [5.41, 5.74) is 4.85. The number of phenolic OH excluding ortho intramolecular Hbond substituents is 1. The van der Waals surface area contributed by atoms with Crippen molar-refractivity contribution in [3.8, 4) is 5.75 Å². The molecule has 3 unspecified atom stereocenters. The lowest BCUT2D eigenvalue weighted by Crippen LogP contribution is -2.62. The minimum Gasteiger partial charge on any atom is -0.508 e. The van der Waals surface area contributed by atoms with Gasteiger partial charge in [-0.15, -0.1) is 0 Å². The summed E-state index contributed by atoms with van der Waals surface area (Å²) >= 11 is 0. The van der Waals surface area contributed by atoms with E-state index >= 15 is 0 Å². The number of nitrogens with two attached hydrogens (primary N) is 1. The molecule has 0 bridgehead atoms. The normalized spacial score (nSPS) is 33.0. The van der Waals surface area contributed by atoms with Gasteiger partial charge in [-0.05, 0) is 67.8 Å². The molecule has 41 heavy (non-hydrogen) atoms. The molecule has 1 aromatic carbocycles. The van der Waals surface area contributed by atoms with Crippen LogP contribution < -0.4 is 10.6 Å². The zero-order valence-corrected chi connectivity index (χ0v) is 24.0. The summed E-state index contributed by atoms with van der Waals surface area (Å²) in [5.74, 6) is -6.77. The topological polar surface area (TPSA) is 165 Å². The van der Waals surface area contributed by atoms with Crippen LogP contribution in [0.2, 0.25) is 0 Å². The SMILES string of the molecule is CCC(CC)C1C(=O)C(C(N)=O)=C(O)[C@@]2(O)C(=O)C3=C(O)c4c(O)cc5c(c4C[C@H]3C[C@@H]12)N(C)CC1CCN(C)C51. The molecule has 0 aromatic heterocycles. The second-order valence-corrected chi connectivity index (χ2v) is 12.7. The van der Waals surface area contributed by atoms with Crippen molar-refractivity contribution in [1.82, 2.24) is 4.90 Å². The molecule has 1 amide bonds. The number of fused-ring (bicyclic) bond motifs is 7. The van der Waals surface area contributed by atoms with Crippen molar-refractivity contribution < 1.29 is 34.8 Å². The van der Waals surface area contributed by atoms with Crippen molar-refractivity contribution in [3.05, 3.63) is 39.7 Å². The maximum Gasteiger partial charge on any atom is 0.255 e. The lowest BCUT2D eigenvalue weighted by molar-refractivity contribution is -0.155. The Labute approximate surface area is 239 Å². The van der Waals surface area contributed by atoms with Crippen LogP contribution >= 0.6 is 0 Å². The van der Waals surface area contributed by atoms with Crippen LogP contribution in [0.4, 0.5) is 5.69 Å². The zero-order chi connectivity index (χ0) is 29.7. The van der Waals surface area contributed by atoms with Crippen LogP contribution in [0, 0.1) is 29.6 Å². The number of carbonyl (C=O) groups excluding carboxylic acids is 3. The van der Waals surface area contributed by atoms with Crippen LogP contribution in [0.1, 0.15) is 62.3 Å². The number of rotatable bonds is 4. The predicted octanol–water partition coefficient (Wildman–Crippen LogP) is 2.53. The van der Waals surface area contributed by atoms with E-state index in [0.29, 0.717) is 25.2 Å². The Kier molecular flexibility index (Phi) is 6.32. The largest absolute Gasteiger partial charge is 0.508 e. The van der Waals surface area contributed by atoms with Gasteiger partial charge in [0, 0.05) is 42.7 Å². The van der Waals surface area contributed by atoms with Crippen LogP contribution in [-0.4, -0.2) is 75.6 Å². The van der Waals surface area contributed by atoms with Crippen molar-refractivity contribution in [2.75, 3.05) is 32.1 Å². The van der Waals surface area contributed by atoms with E-state index in [0.717, 1.165) is 36.3 Å². The Morgan fingerprint density at radius 3 is 2.49 bits per heavy atom. The minimum atomic E-state index is -2.59. The van der Waals surface area contributed by atoms with Gasteiger partial charge in [-0.25, -0.2) is 0 Å². The number of likely N-dealkylation sites (tertiary alicyclic amines) is 1. The molecule has 1 saturated carbocycles. The number of aromatic hydroxyl groups is 1. The summed E-state index contributed by atoms with van der Waals surface area (Å²) in [6.07, 6.45) is 2.61. The standard InChI is InChI=1S/C31H39N3O7/c1-5-13(6-2)20-18-10-15-9-16-22(19(35)11-17-24-14(7-8-33(24)3)12-34(4)25(16)17)27(37)21(15)28(38)31(18,41)29(39)23(26(20)36)30(32)40/h11,13-15,18,20,24,35,37,39,41H,5-10,12H2,1-4H3,(H2,32,40)/t14?,15-,18-,20?,24?,31-/m0/s1. The minimum absolute atomic E-state index is 0.103. The molecule has 2 heterocycles. The smallest absolute Gasteiger partial charge is 0.255 e. The number of hydrogen-bond donors (Lipinski definition) is 5. The summed E-state index contributed by atoms with van der Waals surface area (Å²) < 4.78 is 0. The van der Waals surface area contributed by atoms with Gasteiger partial charge in [-0.3, -0.25) is 19.3 Å². The van der Waals surface area contributed by atoms with E-state index in [-0.39, 0.29) is 35.3 Å². The number of hydrogen-bond acceptors (Lipinski definition) is 9. The molecule has 220 valence electrons. The van der Waals surface area contributed by atoms with Gasteiger partial charge in [-0.2, -0.15) is 0 Å². The van der Waals surface area contributed by atoms with Crippen LogP contribution in [0.3, 0.4) is 0 Å². The number of Topliss-reactive ketones (excluding diaryl/α,β-unsaturated/α-hetero) is 2. The fraction of sp³-hybridized carbons (Fsp3) is 0.581. The molecule has 3 aliphatic carbocycles. The number of nitrogens with zero attached hydrogens (tertiary/aromatic N) is 2. The average molecular weight is 566 g/mol. The number of anilines is 1. The lowest BCUT2D eigenvalue weighted by atomic mass is 9.53. The molecule has 0 spiro atoms. The summed E-state index contributed by atoms with van der Waals surface area (Å²) in [6, 6.07) is 1.81. The monoisotopic (exact) mass is 565 g/mol. The average Bonchev–Trinajstić information content (AvgIpc) is 3.28. The van der Waals surface area contributed by atoms with Crippen LogP contribution in [0.25, 0.3) is 5.76 Å². The summed E-state index contributed by atoms with van der Waals surface area (Å²) in [6.45, 7) is 5.57. The van der Waals surface area contributed by atoms with Crippen LogP contribution in [0.15, 0.2) is 23.0 Å². The fourth-order valence-corrected chi connectivity index (χ4v) is 8.97. The molecular formula is C31H39N3O7. The number of aliphatic hydroxyl groups excluding tert-OH is 2. The summed E-state index contributed by atoms with van der Waals surface area (Å²) in [5, 5.41) is 46.0. The molecule has 10 nitrogen and oxygen atoms in total. The van der Waals surface area contributed by atoms with Gasteiger partial charge in [0.2, 0.25) is 5.78 Å². The number of benzene rings is 1. The highest BCUT2D eigenvalue weighted by atomic mass is 16.3. The van der Waals surface area contributed by atoms with Crippen molar-refractivity contribution in [3.63, 3.8) is 0 Å². The van der Waals surface area contributed by atoms with E-state index in [1.807, 2.05) is 20.9 Å². The molecular weight excluding hydrogens is 526 g/mol. The predicted molar refractivity (Wildman–Crippen MR) is 151 cm³/mol. The molecule has 1 saturated heterocycles. The molecule has 10 heteroatoms. The van der Waals surface area contributed by atoms with Crippen LogP contribution in [-0.2, 0) is 20.8 Å². The highest BCUT2D eigenvalue weighted by molar-refractivity contribution is 6.23. The first-order valence-electron chi connectivity index (χ1n) is 14.7. The first-order valence-corrected chi connectivity index (χ1v) is 14.7. The van der Waals surface area contributed by atoms with Crippen molar-refractivity contribution in [2.24, 2.45) is 35.3 Å². The van der Waals surface area contributed by atoms with E-state index in [9.17, 15) is 34.8 Å². The lowest BCUT2D eigenvalue weighted by Gasteiger charge is -2.51. The van der Waals surface area contributed by atoms with Crippen molar-refractivity contribution in [2.45, 2.75) is 57.6 Å². The van der Waals surface area contributed by atoms with Gasteiger partial charge >= 0.3 is 0 Å². The Morgan fingerprint density at radius 2 is 1.85 bits per heavy atom. The number of primary amides is 1. The maximum atomic E-state index is 14.2. The Hall–Kier alpha value is -3.37. The van der Waals surface area contributed by atoms with Gasteiger partial charge in [0.15, 0.2) is 11.4 Å². The third kappa shape index (κ3) is 3.53. The highest BCUT2D eigenvalue weighted by Crippen LogP contribution is 2.58. The van der Waals surface area contributed by atoms with E-state index in [1.54, 1.807) is 6.07 Å². The number of amides is 1. The number of aliphatic hydroxyl groups is 3. The maximum absolute atomic E-state index is 14.2. The van der Waals surface area contributed by atoms with E-state index in [2.05, 4.69) is 16.8 Å². The molecule has 6 rings (SSSR count). The molecule has 6 atom stereocenters. The first-order chi connectivity index (χ1) is 19.4.